The van der Waals surface area contributed by atoms with Crippen molar-refractivity contribution in [1.82, 2.24) is 14.8 Å². The third kappa shape index (κ3) is 3.14. The number of benzene rings is 2. The second-order valence-corrected chi connectivity index (χ2v) is 7.67. The molecule has 0 bridgehead atoms. The van der Waals surface area contributed by atoms with Gasteiger partial charge in [0, 0.05) is 33.6 Å². The van der Waals surface area contributed by atoms with Crippen molar-refractivity contribution in [3.8, 4) is 11.4 Å². The molecule has 2 heterocycles. The molecular formula is C22H21BrN4O. The fourth-order valence-corrected chi connectivity index (χ4v) is 3.96. The van der Waals surface area contributed by atoms with E-state index in [2.05, 4.69) is 74.1 Å². The number of fused-ring (bicyclic) bond motifs is 1. The lowest BCUT2D eigenvalue weighted by Gasteiger charge is -2.06. The van der Waals surface area contributed by atoms with E-state index in [1.807, 2.05) is 31.2 Å². The fraction of sp³-hybridized carbons (Fsp3) is 0.182. The molecule has 0 aliphatic carbocycles. The van der Waals surface area contributed by atoms with Gasteiger partial charge in [0.25, 0.3) is 5.91 Å². The molecule has 2 aromatic heterocycles. The molecule has 0 spiro atoms. The van der Waals surface area contributed by atoms with Crippen molar-refractivity contribution in [3.63, 3.8) is 0 Å². The van der Waals surface area contributed by atoms with Crippen molar-refractivity contribution in [3.05, 3.63) is 69.7 Å². The monoisotopic (exact) mass is 436 g/mol. The number of nitrogens with one attached hydrogen (secondary N) is 2. The van der Waals surface area contributed by atoms with Crippen molar-refractivity contribution < 1.29 is 4.79 Å². The second kappa shape index (κ2) is 7.28. The van der Waals surface area contributed by atoms with Gasteiger partial charge in [-0.25, -0.2) is 0 Å². The Bertz CT molecular complexity index is 1190. The molecule has 0 radical (unpaired) electrons. The van der Waals surface area contributed by atoms with E-state index in [9.17, 15) is 4.79 Å². The first-order valence-corrected chi connectivity index (χ1v) is 10.00. The number of rotatable bonds is 4. The number of para-hydroxylation sites is 1. The number of hydrogen-bond donors (Lipinski definition) is 2. The van der Waals surface area contributed by atoms with Gasteiger partial charge in [-0.05, 0) is 50.1 Å². The van der Waals surface area contributed by atoms with E-state index in [1.165, 1.54) is 16.5 Å². The maximum absolute atomic E-state index is 12.6. The summed E-state index contributed by atoms with van der Waals surface area (Å²) < 4.78 is 3.17. The van der Waals surface area contributed by atoms with Gasteiger partial charge in [-0.2, -0.15) is 5.10 Å². The Kier molecular flexibility index (Phi) is 4.81. The Hall–Kier alpha value is -2.86. The zero-order valence-electron chi connectivity index (χ0n) is 16.0. The summed E-state index contributed by atoms with van der Waals surface area (Å²) in [4.78, 5) is 12.6. The molecule has 0 aliphatic rings. The first kappa shape index (κ1) is 18.5. The highest BCUT2D eigenvalue weighted by molar-refractivity contribution is 9.10. The molecule has 0 unspecified atom stereocenters. The zero-order valence-corrected chi connectivity index (χ0v) is 17.6. The minimum atomic E-state index is -0.188. The van der Waals surface area contributed by atoms with Crippen LogP contribution in [0.2, 0.25) is 0 Å². The zero-order chi connectivity index (χ0) is 19.8. The Morgan fingerprint density at radius 3 is 2.71 bits per heavy atom. The maximum Gasteiger partial charge on any atom is 0.256 e. The predicted molar refractivity (Wildman–Crippen MR) is 117 cm³/mol. The fourth-order valence-electron chi connectivity index (χ4n) is 3.58. The van der Waals surface area contributed by atoms with Gasteiger partial charge in [-0.3, -0.25) is 9.89 Å². The lowest BCUT2D eigenvalue weighted by Crippen LogP contribution is -2.12. The van der Waals surface area contributed by atoms with Gasteiger partial charge in [-0.1, -0.05) is 40.2 Å². The molecule has 1 amide bonds. The third-order valence-electron chi connectivity index (χ3n) is 5.05. The lowest BCUT2D eigenvalue weighted by molar-refractivity contribution is 0.102. The van der Waals surface area contributed by atoms with Crippen LogP contribution in [0.1, 0.15) is 28.4 Å². The minimum Gasteiger partial charge on any atom is -0.339 e. The Morgan fingerprint density at radius 2 is 1.96 bits per heavy atom. The molecule has 2 aromatic carbocycles. The molecule has 0 saturated heterocycles. The Labute approximate surface area is 171 Å². The number of halogens is 1. The smallest absolute Gasteiger partial charge is 0.256 e. The van der Waals surface area contributed by atoms with Gasteiger partial charge in [0.1, 0.15) is 0 Å². The Balaban J connectivity index is 1.67. The number of aryl methyl sites for hydroxylation is 3. The lowest BCUT2D eigenvalue weighted by atomic mass is 10.1. The number of carbonyl (C=O) groups excluding carboxylic acids is 1. The highest BCUT2D eigenvalue weighted by Gasteiger charge is 2.17. The predicted octanol–water partition coefficient (Wildman–Crippen LogP) is 5.68. The van der Waals surface area contributed by atoms with Crippen LogP contribution < -0.4 is 5.32 Å². The van der Waals surface area contributed by atoms with Crippen molar-refractivity contribution in [2.24, 2.45) is 0 Å². The van der Waals surface area contributed by atoms with E-state index in [1.54, 1.807) is 0 Å². The number of hydrogen-bond acceptors (Lipinski definition) is 2. The van der Waals surface area contributed by atoms with Gasteiger partial charge in [0.2, 0.25) is 0 Å². The molecule has 4 aromatic rings. The average molecular weight is 437 g/mol. The van der Waals surface area contributed by atoms with E-state index in [0.717, 1.165) is 28.0 Å². The van der Waals surface area contributed by atoms with E-state index in [0.29, 0.717) is 11.4 Å². The van der Waals surface area contributed by atoms with Crippen molar-refractivity contribution in [2.45, 2.75) is 27.3 Å². The number of anilines is 1. The summed E-state index contributed by atoms with van der Waals surface area (Å²) in [7, 11) is 0. The van der Waals surface area contributed by atoms with E-state index in [4.69, 9.17) is 0 Å². The second-order valence-electron chi connectivity index (χ2n) is 6.82. The molecule has 6 heteroatoms. The van der Waals surface area contributed by atoms with Gasteiger partial charge < -0.3 is 9.88 Å². The number of aromatic amines is 1. The van der Waals surface area contributed by atoms with Crippen LogP contribution in [0, 0.1) is 13.8 Å². The molecular weight excluding hydrogens is 416 g/mol. The molecule has 0 fully saturated rings. The standard InChI is InChI=1S/C22H21BrN4O/c1-4-27-19-8-6-5-7-16(19)14(3)21(27)18-12-20(26-25-18)24-22(28)15-10-9-13(2)17(23)11-15/h5-12H,4H2,1-3H3,(H2,24,25,26,28). The van der Waals surface area contributed by atoms with Crippen LogP contribution in [0.5, 0.6) is 0 Å². The number of aromatic nitrogens is 3. The van der Waals surface area contributed by atoms with E-state index >= 15 is 0 Å². The summed E-state index contributed by atoms with van der Waals surface area (Å²) in [6.07, 6.45) is 0. The molecule has 2 N–H and O–H groups in total. The van der Waals surface area contributed by atoms with Gasteiger partial charge in [0.05, 0.1) is 11.4 Å². The number of amides is 1. The summed E-state index contributed by atoms with van der Waals surface area (Å²) in [5.41, 5.74) is 6.04. The molecule has 0 saturated carbocycles. The summed E-state index contributed by atoms with van der Waals surface area (Å²) in [6.45, 7) is 7.08. The Morgan fingerprint density at radius 1 is 1.18 bits per heavy atom. The van der Waals surface area contributed by atoms with Crippen LogP contribution in [0.25, 0.3) is 22.3 Å². The summed E-state index contributed by atoms with van der Waals surface area (Å²) in [6, 6.07) is 15.8. The van der Waals surface area contributed by atoms with Gasteiger partial charge in [0.15, 0.2) is 5.82 Å². The van der Waals surface area contributed by atoms with Gasteiger partial charge in [-0.15, -0.1) is 0 Å². The summed E-state index contributed by atoms with van der Waals surface area (Å²) >= 11 is 3.47. The highest BCUT2D eigenvalue weighted by Crippen LogP contribution is 2.33. The van der Waals surface area contributed by atoms with Crippen LogP contribution in [0.15, 0.2) is 53.0 Å². The maximum atomic E-state index is 12.6. The average Bonchev–Trinajstić information content (AvgIpc) is 3.26. The van der Waals surface area contributed by atoms with Crippen LogP contribution in [-0.4, -0.2) is 20.7 Å². The SMILES string of the molecule is CCn1c(-c2cc(NC(=O)c3ccc(C)c(Br)c3)n[nH]2)c(C)c2ccccc21. The van der Waals surface area contributed by atoms with Crippen LogP contribution in [-0.2, 0) is 6.54 Å². The highest BCUT2D eigenvalue weighted by atomic mass is 79.9. The first-order valence-electron chi connectivity index (χ1n) is 9.20. The van der Waals surface area contributed by atoms with Gasteiger partial charge >= 0.3 is 0 Å². The van der Waals surface area contributed by atoms with Crippen LogP contribution in [0.3, 0.4) is 0 Å². The third-order valence-corrected chi connectivity index (χ3v) is 5.90. The van der Waals surface area contributed by atoms with Crippen molar-refractivity contribution >= 4 is 38.6 Å². The molecule has 142 valence electrons. The van der Waals surface area contributed by atoms with Crippen molar-refractivity contribution in [2.75, 3.05) is 5.32 Å². The number of nitrogens with zero attached hydrogens (tertiary/aromatic N) is 2. The largest absolute Gasteiger partial charge is 0.339 e. The first-order chi connectivity index (χ1) is 13.5. The molecule has 0 aliphatic heterocycles. The molecule has 5 nitrogen and oxygen atoms in total. The van der Waals surface area contributed by atoms with Crippen molar-refractivity contribution in [1.29, 1.82) is 0 Å². The molecule has 28 heavy (non-hydrogen) atoms. The summed E-state index contributed by atoms with van der Waals surface area (Å²) in [5.74, 6) is 0.315. The topological polar surface area (TPSA) is 62.7 Å². The van der Waals surface area contributed by atoms with E-state index < -0.39 is 0 Å². The van der Waals surface area contributed by atoms with E-state index in [-0.39, 0.29) is 5.91 Å². The normalized spacial score (nSPS) is 11.1. The molecule has 4 rings (SSSR count). The quantitative estimate of drug-likeness (QED) is 0.431. The molecule has 0 atom stereocenters. The number of carbonyl (C=O) groups is 1. The summed E-state index contributed by atoms with van der Waals surface area (Å²) in [5, 5.41) is 11.5. The minimum absolute atomic E-state index is 0.188. The van der Waals surface area contributed by atoms with Crippen LogP contribution >= 0.6 is 15.9 Å². The number of H-pyrrole nitrogens is 1. The van der Waals surface area contributed by atoms with Crippen LogP contribution in [0.4, 0.5) is 5.82 Å².